The van der Waals surface area contributed by atoms with E-state index in [-0.39, 0.29) is 5.78 Å². The summed E-state index contributed by atoms with van der Waals surface area (Å²) >= 11 is 0. The molecule has 0 bridgehead atoms. The Kier molecular flexibility index (Phi) is 8.32. The van der Waals surface area contributed by atoms with Crippen LogP contribution in [0.25, 0.3) is 0 Å². The van der Waals surface area contributed by atoms with Crippen molar-refractivity contribution in [1.82, 2.24) is 0 Å². The van der Waals surface area contributed by atoms with Gasteiger partial charge in [-0.3, -0.25) is 9.18 Å². The van der Waals surface area contributed by atoms with Gasteiger partial charge in [0.2, 0.25) is 0 Å². The number of ketones is 1. The molecule has 2 aromatic carbocycles. The Labute approximate surface area is 140 Å². The molecule has 0 aromatic heterocycles. The van der Waals surface area contributed by atoms with Crippen molar-refractivity contribution in [3.8, 4) is 0 Å². The van der Waals surface area contributed by atoms with Crippen LogP contribution in [0.3, 0.4) is 0 Å². The lowest BCUT2D eigenvalue weighted by molar-refractivity contribution is 0.0993. The number of hydrogen-bond acceptors (Lipinski definition) is 1. The molecule has 3 heteroatoms. The molecule has 122 valence electrons. The van der Waals surface area contributed by atoms with Crippen LogP contribution in [0.1, 0.15) is 35.3 Å². The molecular weight excluding hydrogens is 286 g/mol. The van der Waals surface area contributed by atoms with Gasteiger partial charge in [0.1, 0.15) is 0 Å². The van der Waals surface area contributed by atoms with Crippen LogP contribution >= 0.6 is 0 Å². The Morgan fingerprint density at radius 1 is 1.09 bits per heavy atom. The van der Waals surface area contributed by atoms with E-state index in [0.29, 0.717) is 20.3 Å². The van der Waals surface area contributed by atoms with E-state index in [2.05, 4.69) is 25.0 Å². The molecule has 0 fully saturated rings. The summed E-state index contributed by atoms with van der Waals surface area (Å²) in [5.74, 6) is 0.200. The van der Waals surface area contributed by atoms with E-state index in [0.717, 1.165) is 11.1 Å². The van der Waals surface area contributed by atoms with Gasteiger partial charge in [0, 0.05) is 12.0 Å². The number of alkyl halides is 1. The van der Waals surface area contributed by atoms with E-state index in [1.54, 1.807) is 0 Å². The minimum atomic E-state index is 0.200. The fraction of sp³-hybridized carbons (Fsp3) is 0.350. The van der Waals surface area contributed by atoms with Crippen LogP contribution in [-0.4, -0.2) is 19.7 Å². The van der Waals surface area contributed by atoms with Crippen molar-refractivity contribution in [3.63, 3.8) is 0 Å². The van der Waals surface area contributed by atoms with Crippen molar-refractivity contribution >= 4 is 18.0 Å². The minimum Gasteiger partial charge on any atom is -0.294 e. The van der Waals surface area contributed by atoms with Gasteiger partial charge >= 0.3 is 0 Å². The van der Waals surface area contributed by atoms with Crippen LogP contribution in [0.2, 0.25) is 13.1 Å². The van der Waals surface area contributed by atoms with Crippen LogP contribution in [-0.2, 0) is 12.8 Å². The second kappa shape index (κ2) is 9.99. The molecule has 23 heavy (non-hydrogen) atoms. The first-order valence-electron chi connectivity index (χ1n) is 8.32. The average molecular weight is 312 g/mol. The number of fused-ring (bicyclic) bond motifs is 1. The zero-order valence-electron chi connectivity index (χ0n) is 14.6. The molecule has 1 nitrogen and oxygen atoms in total. The predicted molar refractivity (Wildman–Crippen MR) is 99.1 cm³/mol. The molecule has 1 aliphatic heterocycles. The topological polar surface area (TPSA) is 17.1 Å². The zero-order chi connectivity index (χ0) is 17.2. The Hall–Kier alpha value is -1.90. The van der Waals surface area contributed by atoms with Gasteiger partial charge in [-0.05, 0) is 12.0 Å². The first-order valence-corrected chi connectivity index (χ1v) is 8.32. The Morgan fingerprint density at radius 2 is 1.74 bits per heavy atom. The van der Waals surface area contributed by atoms with E-state index in [9.17, 15) is 9.18 Å². The molecule has 0 spiro atoms. The van der Waals surface area contributed by atoms with Gasteiger partial charge in [-0.25, -0.2) is 0 Å². The number of Topliss-reactive ketones (excluding diaryl/α,β-unsaturated/α-hetero) is 1. The van der Waals surface area contributed by atoms with Gasteiger partial charge in [-0.2, -0.15) is 0 Å². The number of hydrogen-bond donors (Lipinski definition) is 0. The van der Waals surface area contributed by atoms with Crippen molar-refractivity contribution in [2.75, 3.05) is 7.18 Å². The fourth-order valence-corrected chi connectivity index (χ4v) is 2.88. The smallest absolute Gasteiger partial charge is 0.173 e. The van der Waals surface area contributed by atoms with Gasteiger partial charge < -0.3 is 0 Å². The number of halogens is 1. The lowest BCUT2D eigenvalue weighted by Gasteiger charge is -2.07. The van der Waals surface area contributed by atoms with E-state index < -0.39 is 0 Å². The maximum absolute atomic E-state index is 12.2. The summed E-state index contributed by atoms with van der Waals surface area (Å²) in [5, 5.41) is 0. The van der Waals surface area contributed by atoms with Crippen LogP contribution in [0.4, 0.5) is 4.39 Å². The monoisotopic (exact) mass is 312 g/mol. The van der Waals surface area contributed by atoms with Gasteiger partial charge in [0.15, 0.2) is 12.5 Å². The lowest BCUT2D eigenvalue weighted by Crippen LogP contribution is -2.23. The lowest BCUT2D eigenvalue weighted by atomic mass is 9.48. The summed E-state index contributed by atoms with van der Waals surface area (Å²) < 4.78 is 9.50. The summed E-state index contributed by atoms with van der Waals surface area (Å²) in [4.78, 5) is 12.2. The van der Waals surface area contributed by atoms with Gasteiger partial charge in [-0.1, -0.05) is 86.5 Å². The second-order valence-corrected chi connectivity index (χ2v) is 5.44. The molecule has 0 amide bonds. The molecule has 0 unspecified atom stereocenters. The van der Waals surface area contributed by atoms with Gasteiger partial charge in [0.25, 0.3) is 0 Å². The highest BCUT2D eigenvalue weighted by Crippen LogP contribution is 2.16. The van der Waals surface area contributed by atoms with Crippen molar-refractivity contribution in [2.45, 2.75) is 39.8 Å². The largest absolute Gasteiger partial charge is 0.294 e. The van der Waals surface area contributed by atoms with Crippen LogP contribution in [0, 0.1) is 0 Å². The van der Waals surface area contributed by atoms with Gasteiger partial charge in [0.05, 0.1) is 7.18 Å². The summed E-state index contributed by atoms with van der Waals surface area (Å²) in [5.41, 5.74) is 4.85. The molecular formula is C20H26BFO. The number of rotatable bonds is 3. The quantitative estimate of drug-likeness (QED) is 0.597. The van der Waals surface area contributed by atoms with E-state index >= 15 is 0 Å². The van der Waals surface area contributed by atoms with Gasteiger partial charge in [-0.15, -0.1) is 0 Å². The first-order chi connectivity index (χ1) is 11.2. The van der Waals surface area contributed by atoms with Crippen LogP contribution < -0.4 is 5.46 Å². The number of aryl methyl sites for hydroxylation is 1. The fourth-order valence-electron chi connectivity index (χ4n) is 2.88. The SMILES string of the molecule is CB1CCc2ccc(CC(=O)c3ccccc3)cc21.CC.CF. The van der Waals surface area contributed by atoms with Crippen molar-refractivity contribution < 1.29 is 9.18 Å². The highest BCUT2D eigenvalue weighted by molar-refractivity contribution is 6.73. The molecule has 2 aromatic rings. The molecule has 1 heterocycles. The Morgan fingerprint density at radius 3 is 2.39 bits per heavy atom. The third-order valence-corrected chi connectivity index (χ3v) is 4.05. The van der Waals surface area contributed by atoms with Crippen molar-refractivity contribution in [1.29, 1.82) is 0 Å². The van der Waals surface area contributed by atoms with Crippen LogP contribution in [0.15, 0.2) is 48.5 Å². The Balaban J connectivity index is 0.000000615. The van der Waals surface area contributed by atoms with Crippen LogP contribution in [0.5, 0.6) is 0 Å². The Bertz CT molecular complexity index is 610. The first kappa shape index (κ1) is 19.2. The molecule has 0 radical (unpaired) electrons. The molecule has 0 saturated heterocycles. The summed E-state index contributed by atoms with van der Waals surface area (Å²) in [6.07, 6.45) is 2.93. The van der Waals surface area contributed by atoms with E-state index in [4.69, 9.17) is 0 Å². The zero-order valence-corrected chi connectivity index (χ0v) is 14.6. The van der Waals surface area contributed by atoms with E-state index in [1.807, 2.05) is 44.2 Å². The minimum absolute atomic E-state index is 0.200. The molecule has 0 N–H and O–H groups in total. The maximum atomic E-state index is 12.2. The summed E-state index contributed by atoms with van der Waals surface area (Å²) in [6.45, 7) is 6.91. The highest BCUT2D eigenvalue weighted by atomic mass is 19.1. The standard InChI is InChI=1S/C17H17BO.C2H6.CH3F/c1-18-10-9-14-8-7-13(11-16(14)18)12-17(19)15-5-3-2-4-6-15;2*1-2/h2-8,11H,9-10,12H2,1H3;1-2H3;1H3. The average Bonchev–Trinajstić information content (AvgIpc) is 3.00. The molecule has 0 saturated carbocycles. The summed E-state index contributed by atoms with van der Waals surface area (Å²) in [7, 11) is 0.500. The molecule has 0 aliphatic carbocycles. The third kappa shape index (κ3) is 5.06. The van der Waals surface area contributed by atoms with Crippen molar-refractivity contribution in [2.24, 2.45) is 0 Å². The molecule has 3 rings (SSSR count). The molecule has 1 aliphatic rings. The number of carbonyl (C=O) groups excluding carboxylic acids is 1. The summed E-state index contributed by atoms with van der Waals surface area (Å²) in [6, 6.07) is 16.1. The third-order valence-electron chi connectivity index (χ3n) is 4.05. The normalized spacial score (nSPS) is 11.6. The number of carbonyl (C=O) groups is 1. The highest BCUT2D eigenvalue weighted by Gasteiger charge is 2.21. The second-order valence-electron chi connectivity index (χ2n) is 5.44. The van der Waals surface area contributed by atoms with E-state index in [1.165, 1.54) is 23.8 Å². The van der Waals surface area contributed by atoms with Crippen molar-refractivity contribution in [3.05, 3.63) is 65.2 Å². The molecule has 0 atom stereocenters. The number of benzene rings is 2. The maximum Gasteiger partial charge on any atom is 0.173 e. The predicted octanol–water partition coefficient (Wildman–Crippen LogP) is 4.61.